The molecule has 1 aliphatic heterocycles. The zero-order valence-electron chi connectivity index (χ0n) is 11.9. The van der Waals surface area contributed by atoms with Crippen LogP contribution in [0.4, 0.5) is 5.82 Å². The van der Waals surface area contributed by atoms with Crippen LogP contribution in [0, 0.1) is 0 Å². The molecule has 0 saturated carbocycles. The molecule has 0 radical (unpaired) electrons. The zero-order chi connectivity index (χ0) is 13.2. The lowest BCUT2D eigenvalue weighted by Crippen LogP contribution is -2.57. The van der Waals surface area contributed by atoms with Crippen molar-refractivity contribution in [2.45, 2.75) is 25.9 Å². The molecule has 0 atom stereocenters. The molecule has 0 amide bonds. The lowest BCUT2D eigenvalue weighted by Gasteiger charge is -2.45. The summed E-state index contributed by atoms with van der Waals surface area (Å²) in [5, 5.41) is 3.18. The van der Waals surface area contributed by atoms with Crippen molar-refractivity contribution in [3.63, 3.8) is 0 Å². The van der Waals surface area contributed by atoms with E-state index in [1.54, 1.807) is 0 Å². The minimum Gasteiger partial charge on any atom is -0.353 e. The van der Waals surface area contributed by atoms with Crippen molar-refractivity contribution >= 4 is 5.82 Å². The summed E-state index contributed by atoms with van der Waals surface area (Å²) in [6.45, 7) is 8.64. The van der Waals surface area contributed by atoms with Crippen LogP contribution < -0.4 is 10.2 Å². The van der Waals surface area contributed by atoms with Crippen molar-refractivity contribution in [1.82, 2.24) is 15.2 Å². The normalized spacial score (nSPS) is 20.1. The summed E-state index contributed by atoms with van der Waals surface area (Å²) in [5.41, 5.74) is 1.50. The van der Waals surface area contributed by atoms with Gasteiger partial charge in [-0.15, -0.1) is 0 Å². The molecular weight excluding hydrogens is 224 g/mol. The van der Waals surface area contributed by atoms with Crippen LogP contribution in [-0.2, 0) is 6.54 Å². The van der Waals surface area contributed by atoms with E-state index >= 15 is 0 Å². The molecule has 1 saturated heterocycles. The molecule has 4 nitrogen and oxygen atoms in total. The average Bonchev–Trinajstić information content (AvgIpc) is 2.33. The Balaban J connectivity index is 2.14. The number of piperazine rings is 1. The zero-order valence-corrected chi connectivity index (χ0v) is 11.9. The van der Waals surface area contributed by atoms with Crippen molar-refractivity contribution in [2.24, 2.45) is 0 Å². The van der Waals surface area contributed by atoms with Gasteiger partial charge in [0.15, 0.2) is 0 Å². The maximum Gasteiger partial charge on any atom is 0.128 e. The average molecular weight is 248 g/mol. The van der Waals surface area contributed by atoms with E-state index < -0.39 is 0 Å². The fourth-order valence-corrected chi connectivity index (χ4v) is 2.38. The van der Waals surface area contributed by atoms with Crippen molar-refractivity contribution < 1.29 is 0 Å². The maximum atomic E-state index is 4.52. The van der Waals surface area contributed by atoms with Crippen LogP contribution in [0.5, 0.6) is 0 Å². The first-order valence-electron chi connectivity index (χ1n) is 6.58. The first kappa shape index (κ1) is 13.3. The van der Waals surface area contributed by atoms with Crippen LogP contribution >= 0.6 is 0 Å². The van der Waals surface area contributed by atoms with Crippen molar-refractivity contribution in [3.8, 4) is 0 Å². The standard InChI is InChI=1S/C14H24N4/c1-14(2)11-18(8-7-17(14)4)13-9-12(10-15-3)5-6-16-13/h5-6,9,15H,7-8,10-11H2,1-4H3. The third kappa shape index (κ3) is 2.82. The van der Waals surface area contributed by atoms with E-state index in [4.69, 9.17) is 0 Å². The predicted octanol–water partition coefficient (Wildman–Crippen LogP) is 1.33. The topological polar surface area (TPSA) is 31.4 Å². The van der Waals surface area contributed by atoms with E-state index in [2.05, 4.69) is 53.1 Å². The van der Waals surface area contributed by atoms with Crippen LogP contribution in [0.25, 0.3) is 0 Å². The number of aromatic nitrogens is 1. The Morgan fingerprint density at radius 3 is 2.83 bits per heavy atom. The first-order chi connectivity index (χ1) is 8.53. The molecule has 1 aliphatic rings. The van der Waals surface area contributed by atoms with Gasteiger partial charge in [-0.1, -0.05) is 0 Å². The van der Waals surface area contributed by atoms with Gasteiger partial charge in [-0.3, -0.25) is 4.90 Å². The Kier molecular flexibility index (Phi) is 3.88. The highest BCUT2D eigenvalue weighted by Crippen LogP contribution is 2.23. The largest absolute Gasteiger partial charge is 0.353 e. The van der Waals surface area contributed by atoms with Gasteiger partial charge >= 0.3 is 0 Å². The van der Waals surface area contributed by atoms with Crippen molar-refractivity contribution in [2.75, 3.05) is 38.6 Å². The Morgan fingerprint density at radius 2 is 2.17 bits per heavy atom. The van der Waals surface area contributed by atoms with Crippen LogP contribution in [0.2, 0.25) is 0 Å². The Morgan fingerprint density at radius 1 is 1.39 bits per heavy atom. The van der Waals surface area contributed by atoms with Crippen molar-refractivity contribution in [1.29, 1.82) is 0 Å². The number of anilines is 1. The summed E-state index contributed by atoms with van der Waals surface area (Å²) in [4.78, 5) is 9.32. The highest BCUT2D eigenvalue weighted by Gasteiger charge is 2.31. The van der Waals surface area contributed by atoms with Gasteiger partial charge in [0.05, 0.1) is 0 Å². The molecule has 1 aromatic heterocycles. The summed E-state index contributed by atoms with van der Waals surface area (Å²) in [6, 6.07) is 4.26. The Bertz CT molecular complexity index is 403. The van der Waals surface area contributed by atoms with Gasteiger partial charge in [0.1, 0.15) is 5.82 Å². The molecule has 2 rings (SSSR count). The molecule has 1 fully saturated rings. The molecule has 0 unspecified atom stereocenters. The molecule has 4 heteroatoms. The monoisotopic (exact) mass is 248 g/mol. The minimum atomic E-state index is 0.207. The van der Waals surface area contributed by atoms with E-state index in [1.165, 1.54) is 5.56 Å². The van der Waals surface area contributed by atoms with Gasteiger partial charge in [0.25, 0.3) is 0 Å². The number of hydrogen-bond donors (Lipinski definition) is 1. The summed E-state index contributed by atoms with van der Waals surface area (Å²) >= 11 is 0. The van der Waals surface area contributed by atoms with Gasteiger partial charge in [0, 0.05) is 37.9 Å². The number of nitrogens with one attached hydrogen (secondary N) is 1. The third-order valence-electron chi connectivity index (χ3n) is 3.83. The SMILES string of the molecule is CNCc1ccnc(N2CCN(C)C(C)(C)C2)c1. The second kappa shape index (κ2) is 5.24. The number of likely N-dealkylation sites (N-methyl/N-ethyl adjacent to an activating group) is 1. The van der Waals surface area contributed by atoms with E-state index in [0.717, 1.165) is 32.0 Å². The first-order valence-corrected chi connectivity index (χ1v) is 6.58. The molecule has 2 heterocycles. The molecule has 0 aromatic carbocycles. The lowest BCUT2D eigenvalue weighted by atomic mass is 10.00. The van der Waals surface area contributed by atoms with Gasteiger partial charge in [-0.2, -0.15) is 0 Å². The Hall–Kier alpha value is -1.13. The molecule has 18 heavy (non-hydrogen) atoms. The number of nitrogens with zero attached hydrogens (tertiary/aromatic N) is 3. The quantitative estimate of drug-likeness (QED) is 0.874. The van der Waals surface area contributed by atoms with Crippen LogP contribution in [0.15, 0.2) is 18.3 Å². The summed E-state index contributed by atoms with van der Waals surface area (Å²) < 4.78 is 0. The van der Waals surface area contributed by atoms with Gasteiger partial charge in [0.2, 0.25) is 0 Å². The van der Waals surface area contributed by atoms with E-state index in [9.17, 15) is 0 Å². The number of hydrogen-bond acceptors (Lipinski definition) is 4. The van der Waals surface area contributed by atoms with E-state index in [0.29, 0.717) is 0 Å². The molecular formula is C14H24N4. The summed E-state index contributed by atoms with van der Waals surface area (Å²) in [6.07, 6.45) is 1.91. The molecule has 0 aliphatic carbocycles. The van der Waals surface area contributed by atoms with Gasteiger partial charge in [-0.05, 0) is 45.6 Å². The van der Waals surface area contributed by atoms with Crippen LogP contribution in [0.3, 0.4) is 0 Å². The second-order valence-electron chi connectivity index (χ2n) is 5.71. The smallest absolute Gasteiger partial charge is 0.128 e. The Labute approximate surface area is 110 Å². The fraction of sp³-hybridized carbons (Fsp3) is 0.643. The van der Waals surface area contributed by atoms with Crippen LogP contribution in [0.1, 0.15) is 19.4 Å². The molecule has 1 aromatic rings. The summed E-state index contributed by atoms with van der Waals surface area (Å²) in [7, 11) is 4.17. The van der Waals surface area contributed by atoms with Crippen LogP contribution in [-0.4, -0.2) is 49.2 Å². The highest BCUT2D eigenvalue weighted by molar-refractivity contribution is 5.42. The predicted molar refractivity (Wildman–Crippen MR) is 75.9 cm³/mol. The minimum absolute atomic E-state index is 0.207. The fourth-order valence-electron chi connectivity index (χ4n) is 2.38. The molecule has 100 valence electrons. The van der Waals surface area contributed by atoms with Crippen molar-refractivity contribution in [3.05, 3.63) is 23.9 Å². The highest BCUT2D eigenvalue weighted by atomic mass is 15.3. The lowest BCUT2D eigenvalue weighted by molar-refractivity contribution is 0.138. The molecule has 0 spiro atoms. The van der Waals surface area contributed by atoms with E-state index in [1.807, 2.05) is 13.2 Å². The number of pyridine rings is 1. The summed E-state index contributed by atoms with van der Waals surface area (Å²) in [5.74, 6) is 1.10. The van der Waals surface area contributed by atoms with E-state index in [-0.39, 0.29) is 5.54 Å². The number of rotatable bonds is 3. The molecule has 0 bridgehead atoms. The molecule has 1 N–H and O–H groups in total. The third-order valence-corrected chi connectivity index (χ3v) is 3.83. The van der Waals surface area contributed by atoms with Gasteiger partial charge < -0.3 is 10.2 Å². The maximum absolute atomic E-state index is 4.52. The second-order valence-corrected chi connectivity index (χ2v) is 5.71. The van der Waals surface area contributed by atoms with Gasteiger partial charge in [-0.25, -0.2) is 4.98 Å².